The van der Waals surface area contributed by atoms with Crippen LogP contribution in [0.3, 0.4) is 0 Å². The number of hydrogen-bond acceptors (Lipinski definition) is 6. The van der Waals surface area contributed by atoms with Gasteiger partial charge < -0.3 is 9.42 Å². The van der Waals surface area contributed by atoms with Gasteiger partial charge in [0.25, 0.3) is 11.8 Å². The van der Waals surface area contributed by atoms with E-state index in [1.54, 1.807) is 42.1 Å². The third-order valence-electron chi connectivity index (χ3n) is 4.39. The Labute approximate surface area is 154 Å². The number of aryl methyl sites for hydroxylation is 1. The molecule has 3 aromatic rings. The smallest absolute Gasteiger partial charge is 0.280 e. The molecule has 3 heterocycles. The van der Waals surface area contributed by atoms with Crippen molar-refractivity contribution >= 4 is 17.5 Å². The van der Waals surface area contributed by atoms with Gasteiger partial charge in [-0.3, -0.25) is 4.79 Å². The quantitative estimate of drug-likeness (QED) is 0.702. The second-order valence-electron chi connectivity index (χ2n) is 6.29. The Bertz CT molecular complexity index is 937. The van der Waals surface area contributed by atoms with Gasteiger partial charge >= 0.3 is 0 Å². The van der Waals surface area contributed by atoms with Crippen LogP contribution in [-0.4, -0.2) is 49.0 Å². The van der Waals surface area contributed by atoms with Gasteiger partial charge in [0.2, 0.25) is 0 Å². The summed E-state index contributed by atoms with van der Waals surface area (Å²) in [7, 11) is 0. The molecule has 134 valence electrons. The minimum Gasteiger partial charge on any atom is -0.337 e. The molecule has 1 fully saturated rings. The molecule has 1 aromatic carbocycles. The molecule has 26 heavy (non-hydrogen) atoms. The number of nitrogens with zero attached hydrogens (tertiary/aromatic N) is 6. The number of amides is 1. The molecule has 8 nitrogen and oxygen atoms in total. The summed E-state index contributed by atoms with van der Waals surface area (Å²) < 4.78 is 6.90. The van der Waals surface area contributed by atoms with Gasteiger partial charge in [-0.1, -0.05) is 28.0 Å². The van der Waals surface area contributed by atoms with Gasteiger partial charge in [-0.25, -0.2) is 4.68 Å². The minimum absolute atomic E-state index is 0.0231. The fourth-order valence-corrected chi connectivity index (χ4v) is 3.30. The number of likely N-dealkylation sites (tertiary alicyclic amines) is 1. The lowest BCUT2D eigenvalue weighted by atomic mass is 10.0. The van der Waals surface area contributed by atoms with Crippen molar-refractivity contribution in [2.24, 2.45) is 0 Å². The van der Waals surface area contributed by atoms with E-state index in [9.17, 15) is 4.79 Å². The van der Waals surface area contributed by atoms with E-state index >= 15 is 0 Å². The molecular weight excluding hydrogens is 356 g/mol. The zero-order chi connectivity index (χ0) is 18.1. The summed E-state index contributed by atoms with van der Waals surface area (Å²) in [6, 6.07) is 7.07. The molecule has 0 saturated carbocycles. The van der Waals surface area contributed by atoms with E-state index < -0.39 is 0 Å². The molecule has 0 spiro atoms. The van der Waals surface area contributed by atoms with Crippen molar-refractivity contribution in [2.75, 3.05) is 13.1 Å². The van der Waals surface area contributed by atoms with E-state index in [-0.39, 0.29) is 11.9 Å². The molecule has 0 aliphatic carbocycles. The number of halogens is 1. The molecule has 1 aliphatic rings. The van der Waals surface area contributed by atoms with Crippen LogP contribution >= 0.6 is 11.6 Å². The third-order valence-corrected chi connectivity index (χ3v) is 4.62. The summed E-state index contributed by atoms with van der Waals surface area (Å²) in [6.07, 6.45) is 3.60. The second kappa shape index (κ2) is 6.87. The molecule has 1 amide bonds. The maximum absolute atomic E-state index is 12.7. The zero-order valence-electron chi connectivity index (χ0n) is 14.2. The largest absolute Gasteiger partial charge is 0.337 e. The molecule has 0 radical (unpaired) electrons. The van der Waals surface area contributed by atoms with E-state index in [0.29, 0.717) is 41.1 Å². The lowest BCUT2D eigenvalue weighted by molar-refractivity contribution is 0.0672. The highest BCUT2D eigenvalue weighted by Gasteiger charge is 2.27. The van der Waals surface area contributed by atoms with Crippen LogP contribution in [0, 0.1) is 6.92 Å². The van der Waals surface area contributed by atoms with Crippen molar-refractivity contribution in [3.8, 4) is 11.6 Å². The minimum atomic E-state index is -0.0231. The first kappa shape index (κ1) is 16.7. The first-order valence-corrected chi connectivity index (χ1v) is 8.75. The Morgan fingerprint density at radius 1 is 1.38 bits per heavy atom. The van der Waals surface area contributed by atoms with E-state index in [2.05, 4.69) is 20.5 Å². The van der Waals surface area contributed by atoms with Crippen LogP contribution in [0.15, 0.2) is 35.0 Å². The Kier molecular flexibility index (Phi) is 4.42. The van der Waals surface area contributed by atoms with Crippen molar-refractivity contribution in [3.63, 3.8) is 0 Å². The number of rotatable bonds is 3. The maximum atomic E-state index is 12.7. The summed E-state index contributed by atoms with van der Waals surface area (Å²) in [4.78, 5) is 18.7. The number of benzene rings is 1. The van der Waals surface area contributed by atoms with Gasteiger partial charge in [-0.15, -0.1) is 5.10 Å². The first-order valence-electron chi connectivity index (χ1n) is 8.37. The van der Waals surface area contributed by atoms with Gasteiger partial charge in [0, 0.05) is 23.7 Å². The van der Waals surface area contributed by atoms with Crippen LogP contribution in [0.4, 0.5) is 0 Å². The van der Waals surface area contributed by atoms with Crippen LogP contribution < -0.4 is 0 Å². The first-order chi connectivity index (χ1) is 12.6. The Morgan fingerprint density at radius 3 is 3.04 bits per heavy atom. The number of carbonyl (C=O) groups is 1. The van der Waals surface area contributed by atoms with Gasteiger partial charge in [0.15, 0.2) is 11.5 Å². The molecule has 1 unspecified atom stereocenters. The van der Waals surface area contributed by atoms with Crippen molar-refractivity contribution < 1.29 is 9.32 Å². The number of piperidine rings is 1. The van der Waals surface area contributed by atoms with Crippen molar-refractivity contribution in [2.45, 2.75) is 25.8 Å². The molecule has 1 aliphatic heterocycles. The predicted molar refractivity (Wildman–Crippen MR) is 93.7 cm³/mol. The Balaban J connectivity index is 1.50. The average Bonchev–Trinajstić information content (AvgIpc) is 3.30. The molecule has 0 bridgehead atoms. The van der Waals surface area contributed by atoms with E-state index in [0.717, 1.165) is 12.8 Å². The van der Waals surface area contributed by atoms with Crippen LogP contribution in [0.2, 0.25) is 5.02 Å². The van der Waals surface area contributed by atoms with Crippen molar-refractivity contribution in [1.82, 2.24) is 30.0 Å². The Morgan fingerprint density at radius 2 is 2.27 bits per heavy atom. The van der Waals surface area contributed by atoms with Crippen LogP contribution in [0.1, 0.15) is 35.1 Å². The zero-order valence-corrected chi connectivity index (χ0v) is 14.9. The second-order valence-corrected chi connectivity index (χ2v) is 6.72. The third kappa shape index (κ3) is 3.32. The predicted octanol–water partition coefficient (Wildman–Crippen LogP) is 2.77. The highest BCUT2D eigenvalue weighted by molar-refractivity contribution is 6.30. The summed E-state index contributed by atoms with van der Waals surface area (Å²) in [5.74, 6) is 0.868. The van der Waals surface area contributed by atoms with Gasteiger partial charge in [-0.2, -0.15) is 4.98 Å². The summed E-state index contributed by atoms with van der Waals surface area (Å²) in [6.45, 7) is 3.03. The molecular formula is C17H17ClN6O2. The van der Waals surface area contributed by atoms with Gasteiger partial charge in [-0.05, 0) is 38.0 Å². The van der Waals surface area contributed by atoms with E-state index in [4.69, 9.17) is 16.1 Å². The SMILES string of the molecule is Cc1noc(-c2cn(C3CCCN(C(=O)c4cccc(Cl)c4)C3)nn2)n1. The Hall–Kier alpha value is -2.74. The number of aromatic nitrogens is 5. The monoisotopic (exact) mass is 372 g/mol. The van der Waals surface area contributed by atoms with Gasteiger partial charge in [0.1, 0.15) is 0 Å². The number of carbonyl (C=O) groups excluding carboxylic acids is 1. The lowest BCUT2D eigenvalue weighted by Crippen LogP contribution is -2.40. The molecule has 1 atom stereocenters. The molecule has 2 aromatic heterocycles. The average molecular weight is 373 g/mol. The van der Waals surface area contributed by atoms with Crippen LogP contribution in [0.5, 0.6) is 0 Å². The number of hydrogen-bond donors (Lipinski definition) is 0. The molecule has 1 saturated heterocycles. The van der Waals surface area contributed by atoms with E-state index in [1.807, 2.05) is 4.90 Å². The summed E-state index contributed by atoms with van der Waals surface area (Å²) in [5, 5.41) is 12.6. The normalized spacial score (nSPS) is 17.5. The maximum Gasteiger partial charge on any atom is 0.280 e. The van der Waals surface area contributed by atoms with Crippen molar-refractivity contribution in [1.29, 1.82) is 0 Å². The van der Waals surface area contributed by atoms with Crippen molar-refractivity contribution in [3.05, 3.63) is 46.9 Å². The molecule has 4 rings (SSSR count). The fourth-order valence-electron chi connectivity index (χ4n) is 3.11. The molecule has 9 heteroatoms. The van der Waals surface area contributed by atoms with Crippen LogP contribution in [0.25, 0.3) is 11.6 Å². The van der Waals surface area contributed by atoms with Crippen LogP contribution in [-0.2, 0) is 0 Å². The highest BCUT2D eigenvalue weighted by Crippen LogP contribution is 2.24. The fraction of sp³-hybridized carbons (Fsp3) is 0.353. The van der Waals surface area contributed by atoms with E-state index in [1.165, 1.54) is 0 Å². The summed E-state index contributed by atoms with van der Waals surface area (Å²) in [5.41, 5.74) is 1.13. The molecule has 0 N–H and O–H groups in total. The lowest BCUT2D eigenvalue weighted by Gasteiger charge is -2.32. The topological polar surface area (TPSA) is 89.9 Å². The standard InChI is InChI=1S/C17H17ClN6O2/c1-11-19-16(26-21-11)15-10-24(22-20-15)14-6-3-7-23(9-14)17(25)12-4-2-5-13(18)8-12/h2,4-5,8,10,14H,3,6-7,9H2,1H3. The summed E-state index contributed by atoms with van der Waals surface area (Å²) >= 11 is 6.00. The highest BCUT2D eigenvalue weighted by atomic mass is 35.5. The van der Waals surface area contributed by atoms with Gasteiger partial charge in [0.05, 0.1) is 12.2 Å².